The van der Waals surface area contributed by atoms with Crippen LogP contribution in [0.1, 0.15) is 28.4 Å². The van der Waals surface area contributed by atoms with E-state index in [0.717, 1.165) is 16.6 Å². The van der Waals surface area contributed by atoms with E-state index >= 15 is 0 Å². The number of nitrogens with one attached hydrogen (secondary N) is 1. The number of hydrogen-bond acceptors (Lipinski definition) is 4. The maximum absolute atomic E-state index is 5.59. The summed E-state index contributed by atoms with van der Waals surface area (Å²) in [5, 5.41) is 6.26. The Morgan fingerprint density at radius 3 is 2.87 bits per heavy atom. The van der Waals surface area contributed by atoms with Crippen LogP contribution < -0.4 is 5.32 Å². The van der Waals surface area contributed by atoms with Gasteiger partial charge in [0.05, 0.1) is 30.6 Å². The van der Waals surface area contributed by atoms with E-state index in [-0.39, 0.29) is 12.1 Å². The molecule has 2 atom stereocenters. The zero-order chi connectivity index (χ0) is 15.6. The third kappa shape index (κ3) is 2.75. The van der Waals surface area contributed by atoms with Gasteiger partial charge in [-0.05, 0) is 47.9 Å². The Balaban J connectivity index is 1.71. The molecule has 0 aromatic carbocycles. The molecule has 0 saturated carbocycles. The van der Waals surface area contributed by atoms with E-state index in [1.807, 2.05) is 36.5 Å². The summed E-state index contributed by atoms with van der Waals surface area (Å²) in [5.41, 5.74) is 0.996. The van der Waals surface area contributed by atoms with E-state index in [9.17, 15) is 0 Å². The molecule has 4 rings (SSSR count). The fourth-order valence-corrected chi connectivity index (χ4v) is 4.09. The summed E-state index contributed by atoms with van der Waals surface area (Å²) >= 11 is 7.33. The van der Waals surface area contributed by atoms with E-state index < -0.39 is 0 Å². The van der Waals surface area contributed by atoms with Crippen molar-refractivity contribution in [1.82, 2.24) is 15.2 Å². The van der Waals surface area contributed by atoms with Crippen LogP contribution in [0.5, 0.6) is 0 Å². The summed E-state index contributed by atoms with van der Waals surface area (Å²) in [6, 6.07) is 14.2. The van der Waals surface area contributed by atoms with Crippen molar-refractivity contribution >= 4 is 28.7 Å². The maximum atomic E-state index is 5.59. The van der Waals surface area contributed by atoms with E-state index in [1.165, 1.54) is 4.88 Å². The van der Waals surface area contributed by atoms with Gasteiger partial charge < -0.3 is 14.6 Å². The SMILES string of the molecule is S=C1NC(c2ccccn2)C(c2cccs2)N1Cc1ccco1. The van der Waals surface area contributed by atoms with E-state index in [4.69, 9.17) is 16.6 Å². The number of aromatic nitrogens is 1. The van der Waals surface area contributed by atoms with Gasteiger partial charge in [0.1, 0.15) is 5.76 Å². The molecule has 3 aromatic heterocycles. The first kappa shape index (κ1) is 14.4. The van der Waals surface area contributed by atoms with Gasteiger partial charge >= 0.3 is 0 Å². The second kappa shape index (κ2) is 6.14. The lowest BCUT2D eigenvalue weighted by Crippen LogP contribution is -2.28. The highest BCUT2D eigenvalue weighted by Crippen LogP contribution is 2.41. The van der Waals surface area contributed by atoms with Gasteiger partial charge in [0.25, 0.3) is 0 Å². The highest BCUT2D eigenvalue weighted by Gasteiger charge is 2.40. The minimum atomic E-state index is 0.0392. The molecule has 2 unspecified atom stereocenters. The zero-order valence-corrected chi connectivity index (χ0v) is 13.9. The molecule has 0 bridgehead atoms. The van der Waals surface area contributed by atoms with Gasteiger partial charge in [-0.1, -0.05) is 12.1 Å². The molecule has 23 heavy (non-hydrogen) atoms. The topological polar surface area (TPSA) is 41.3 Å². The lowest BCUT2D eigenvalue weighted by atomic mass is 10.0. The molecule has 1 N–H and O–H groups in total. The van der Waals surface area contributed by atoms with Crippen LogP contribution in [-0.2, 0) is 6.54 Å². The number of thiocarbonyl (C=S) groups is 1. The van der Waals surface area contributed by atoms with Crippen molar-refractivity contribution in [3.05, 3.63) is 76.6 Å². The first-order valence-corrected chi connectivity index (χ1v) is 8.65. The van der Waals surface area contributed by atoms with Crippen LogP contribution in [0.2, 0.25) is 0 Å². The largest absolute Gasteiger partial charge is 0.467 e. The van der Waals surface area contributed by atoms with Gasteiger partial charge in [0, 0.05) is 11.1 Å². The van der Waals surface area contributed by atoms with Gasteiger partial charge in [-0.2, -0.15) is 0 Å². The van der Waals surface area contributed by atoms with Crippen LogP contribution in [0.25, 0.3) is 0 Å². The molecule has 1 aliphatic rings. The normalized spacial score (nSPS) is 20.7. The lowest BCUT2D eigenvalue weighted by molar-refractivity contribution is 0.291. The van der Waals surface area contributed by atoms with E-state index in [0.29, 0.717) is 6.54 Å². The predicted molar refractivity (Wildman–Crippen MR) is 94.0 cm³/mol. The fourth-order valence-electron chi connectivity index (χ4n) is 2.91. The van der Waals surface area contributed by atoms with Gasteiger partial charge in [-0.15, -0.1) is 11.3 Å². The average Bonchev–Trinajstić information content (AvgIpc) is 3.31. The van der Waals surface area contributed by atoms with Crippen molar-refractivity contribution in [2.24, 2.45) is 0 Å². The van der Waals surface area contributed by atoms with E-state index in [2.05, 4.69) is 32.7 Å². The maximum Gasteiger partial charge on any atom is 0.170 e. The standard InChI is InChI=1S/C17H15N3OS2/c22-17-19-15(13-6-1-2-8-18-13)16(14-7-4-10-23-14)20(17)11-12-5-3-9-21-12/h1-10,15-16H,11H2,(H,19,22). The third-order valence-electron chi connectivity index (χ3n) is 3.94. The molecule has 0 amide bonds. The Bertz CT molecular complexity index is 772. The summed E-state index contributed by atoms with van der Waals surface area (Å²) in [6.45, 7) is 0.644. The number of thiophene rings is 1. The van der Waals surface area contributed by atoms with Crippen LogP contribution in [0.4, 0.5) is 0 Å². The molecule has 4 nitrogen and oxygen atoms in total. The molecular weight excluding hydrogens is 326 g/mol. The van der Waals surface area contributed by atoms with Crippen molar-refractivity contribution in [3.63, 3.8) is 0 Å². The Morgan fingerprint density at radius 1 is 1.22 bits per heavy atom. The highest BCUT2D eigenvalue weighted by atomic mass is 32.1. The third-order valence-corrected chi connectivity index (χ3v) is 5.23. The molecule has 4 heterocycles. The monoisotopic (exact) mass is 341 g/mol. The molecule has 1 saturated heterocycles. The molecule has 1 aliphatic heterocycles. The minimum absolute atomic E-state index is 0.0392. The van der Waals surface area contributed by atoms with Crippen LogP contribution >= 0.6 is 23.6 Å². The van der Waals surface area contributed by atoms with Crippen molar-refractivity contribution in [2.75, 3.05) is 0 Å². The number of nitrogens with zero attached hydrogens (tertiary/aromatic N) is 2. The Labute approximate surface area is 143 Å². The summed E-state index contributed by atoms with van der Waals surface area (Å²) in [6.07, 6.45) is 3.51. The molecule has 6 heteroatoms. The number of hydrogen-bond donors (Lipinski definition) is 1. The molecule has 0 spiro atoms. The molecule has 1 fully saturated rings. The number of furan rings is 1. The second-order valence-corrected chi connectivity index (χ2v) is 6.72. The van der Waals surface area contributed by atoms with Gasteiger partial charge in [0.2, 0.25) is 0 Å². The van der Waals surface area contributed by atoms with E-state index in [1.54, 1.807) is 17.6 Å². The summed E-state index contributed by atoms with van der Waals surface area (Å²) in [4.78, 5) is 7.96. The minimum Gasteiger partial charge on any atom is -0.467 e. The van der Waals surface area contributed by atoms with Crippen LogP contribution in [-0.4, -0.2) is 15.0 Å². The highest BCUT2D eigenvalue weighted by molar-refractivity contribution is 7.80. The molecule has 0 radical (unpaired) electrons. The van der Waals surface area contributed by atoms with Crippen LogP contribution in [0.3, 0.4) is 0 Å². The first-order valence-electron chi connectivity index (χ1n) is 7.37. The lowest BCUT2D eigenvalue weighted by Gasteiger charge is -2.25. The Kier molecular flexibility index (Phi) is 3.85. The quantitative estimate of drug-likeness (QED) is 0.729. The number of rotatable bonds is 4. The molecular formula is C17H15N3OS2. The van der Waals surface area contributed by atoms with Gasteiger partial charge in [0.15, 0.2) is 5.11 Å². The first-order chi connectivity index (χ1) is 11.3. The summed E-state index contributed by atoms with van der Waals surface area (Å²) in [5.74, 6) is 0.900. The summed E-state index contributed by atoms with van der Waals surface area (Å²) < 4.78 is 5.51. The Morgan fingerprint density at radius 2 is 2.17 bits per heavy atom. The van der Waals surface area contributed by atoms with Crippen LogP contribution in [0, 0.1) is 0 Å². The second-order valence-electron chi connectivity index (χ2n) is 5.35. The van der Waals surface area contributed by atoms with Crippen molar-refractivity contribution in [3.8, 4) is 0 Å². The predicted octanol–water partition coefficient (Wildman–Crippen LogP) is 3.91. The molecule has 116 valence electrons. The smallest absolute Gasteiger partial charge is 0.170 e. The van der Waals surface area contributed by atoms with Gasteiger partial charge in [-0.25, -0.2) is 0 Å². The van der Waals surface area contributed by atoms with Gasteiger partial charge in [-0.3, -0.25) is 4.98 Å². The Hall–Kier alpha value is -2.18. The summed E-state index contributed by atoms with van der Waals surface area (Å²) in [7, 11) is 0. The average molecular weight is 341 g/mol. The zero-order valence-electron chi connectivity index (χ0n) is 12.3. The number of pyridine rings is 1. The molecule has 0 aliphatic carbocycles. The molecule has 3 aromatic rings. The van der Waals surface area contributed by atoms with Crippen molar-refractivity contribution in [2.45, 2.75) is 18.6 Å². The van der Waals surface area contributed by atoms with Crippen molar-refractivity contribution in [1.29, 1.82) is 0 Å². The van der Waals surface area contributed by atoms with Crippen molar-refractivity contribution < 1.29 is 4.42 Å². The fraction of sp³-hybridized carbons (Fsp3) is 0.176. The van der Waals surface area contributed by atoms with Crippen LogP contribution in [0.15, 0.2) is 64.7 Å².